The van der Waals surface area contributed by atoms with Gasteiger partial charge in [0.2, 0.25) is 0 Å². The summed E-state index contributed by atoms with van der Waals surface area (Å²) in [4.78, 5) is 10.2. The molecule has 8 heteroatoms. The highest BCUT2D eigenvalue weighted by molar-refractivity contribution is 7.19. The summed E-state index contributed by atoms with van der Waals surface area (Å²) in [5.74, 6) is 2.96. The Labute approximate surface area is 285 Å². The minimum atomic E-state index is 0.532. The van der Waals surface area contributed by atoms with Crippen molar-refractivity contribution in [2.24, 2.45) is 5.73 Å². The number of hydrogen-bond donors (Lipinski definition) is 1. The molecule has 0 amide bonds. The summed E-state index contributed by atoms with van der Waals surface area (Å²) < 4.78 is 14.1. The average Bonchev–Trinajstić information content (AvgIpc) is 3.79. The van der Waals surface area contributed by atoms with Crippen molar-refractivity contribution in [3.8, 4) is 51.3 Å². The Morgan fingerprint density at radius 1 is 0.562 bits per heavy atom. The zero-order valence-electron chi connectivity index (χ0n) is 25.6. The predicted molar refractivity (Wildman–Crippen MR) is 196 cm³/mol. The van der Waals surface area contributed by atoms with E-state index in [1.54, 1.807) is 29.9 Å². The molecule has 0 saturated heterocycles. The molecule has 4 aromatic heterocycles. The monoisotopic (exact) mass is 660 g/mol. The van der Waals surface area contributed by atoms with Crippen LogP contribution < -0.4 is 15.2 Å². The van der Waals surface area contributed by atoms with E-state index >= 15 is 0 Å². The lowest BCUT2D eigenvalue weighted by Crippen LogP contribution is -1.91. The van der Waals surface area contributed by atoms with Gasteiger partial charge in [-0.15, -0.1) is 22.7 Å². The van der Waals surface area contributed by atoms with Gasteiger partial charge in [0.05, 0.1) is 21.8 Å². The summed E-state index contributed by atoms with van der Waals surface area (Å²) >= 11 is 3.07. The Hall–Kier alpha value is -5.85. The van der Waals surface area contributed by atoms with Crippen molar-refractivity contribution in [2.75, 3.05) is 0 Å². The van der Waals surface area contributed by atoms with Crippen molar-refractivity contribution in [1.82, 2.24) is 9.97 Å². The van der Waals surface area contributed by atoms with Crippen LogP contribution in [0.5, 0.6) is 23.0 Å². The number of nitrogens with two attached hydrogens (primary N) is 1. The van der Waals surface area contributed by atoms with Gasteiger partial charge in [-0.1, -0.05) is 84.9 Å². The summed E-state index contributed by atoms with van der Waals surface area (Å²) in [6, 6.07) is 42.6. The SMILES string of the molecule is N#Cc1cc2c(Oc3ccc(-c4ccccc4)cc3)cncc2s1.NCc1cc2c(Oc3ccc(-c4ccccc4)cc3)cncc2s1. The molecule has 2 N–H and O–H groups in total. The second-order valence-corrected chi connectivity index (χ2v) is 13.0. The van der Waals surface area contributed by atoms with Gasteiger partial charge in [0, 0.05) is 34.6 Å². The van der Waals surface area contributed by atoms with E-state index in [0.29, 0.717) is 17.2 Å². The highest BCUT2D eigenvalue weighted by Gasteiger charge is 2.10. The third kappa shape index (κ3) is 6.94. The second kappa shape index (κ2) is 14.3. The van der Waals surface area contributed by atoms with E-state index in [4.69, 9.17) is 20.5 Å². The van der Waals surface area contributed by atoms with E-state index in [9.17, 15) is 0 Å². The molecule has 0 aliphatic heterocycles. The maximum Gasteiger partial charge on any atom is 0.154 e. The van der Waals surface area contributed by atoms with Crippen LogP contribution in [0.15, 0.2) is 146 Å². The van der Waals surface area contributed by atoms with Crippen molar-refractivity contribution >= 4 is 42.8 Å². The van der Waals surface area contributed by atoms with Crippen LogP contribution in [-0.2, 0) is 6.54 Å². The molecule has 0 unspecified atom stereocenters. The first-order valence-corrected chi connectivity index (χ1v) is 16.8. The molecule has 8 rings (SSSR count). The molecule has 0 saturated carbocycles. The molecular formula is C40H28N4O2S2. The Morgan fingerprint density at radius 2 is 1.02 bits per heavy atom. The fraction of sp³-hybridized carbons (Fsp3) is 0.0250. The van der Waals surface area contributed by atoms with Crippen LogP contribution in [0.25, 0.3) is 42.4 Å². The lowest BCUT2D eigenvalue weighted by molar-refractivity contribution is 0.486. The number of benzene rings is 4. The van der Waals surface area contributed by atoms with Crippen molar-refractivity contribution in [1.29, 1.82) is 5.26 Å². The summed E-state index contributed by atoms with van der Waals surface area (Å²) in [5, 5.41) is 11.0. The summed E-state index contributed by atoms with van der Waals surface area (Å²) in [6.07, 6.45) is 7.04. The van der Waals surface area contributed by atoms with Gasteiger partial charge in [-0.05, 0) is 58.7 Å². The van der Waals surface area contributed by atoms with Gasteiger partial charge in [-0.2, -0.15) is 5.26 Å². The minimum absolute atomic E-state index is 0.532. The number of aromatic nitrogens is 2. The topological polar surface area (TPSA) is 94.0 Å². The van der Waals surface area contributed by atoms with E-state index in [-0.39, 0.29) is 0 Å². The molecule has 0 atom stereocenters. The predicted octanol–water partition coefficient (Wildman–Crippen LogP) is 10.8. The molecule has 0 aliphatic rings. The van der Waals surface area contributed by atoms with E-state index in [1.165, 1.54) is 28.0 Å². The Bertz CT molecular complexity index is 2330. The van der Waals surface area contributed by atoms with Gasteiger partial charge in [0.1, 0.15) is 22.4 Å². The number of rotatable bonds is 7. The molecule has 232 valence electrons. The molecule has 6 nitrogen and oxygen atoms in total. The van der Waals surface area contributed by atoms with Crippen LogP contribution in [0.3, 0.4) is 0 Å². The fourth-order valence-corrected chi connectivity index (χ4v) is 6.96. The molecule has 0 spiro atoms. The van der Waals surface area contributed by atoms with Gasteiger partial charge in [0.25, 0.3) is 0 Å². The molecule has 8 aromatic rings. The third-order valence-corrected chi connectivity index (χ3v) is 9.63. The second-order valence-electron chi connectivity index (χ2n) is 10.7. The number of nitriles is 1. The van der Waals surface area contributed by atoms with E-state index in [1.807, 2.05) is 85.1 Å². The Balaban J connectivity index is 0.000000152. The van der Waals surface area contributed by atoms with Crippen molar-refractivity contribution < 1.29 is 9.47 Å². The van der Waals surface area contributed by atoms with E-state index in [2.05, 4.69) is 58.5 Å². The molecular weight excluding hydrogens is 633 g/mol. The lowest BCUT2D eigenvalue weighted by Gasteiger charge is -2.08. The molecule has 48 heavy (non-hydrogen) atoms. The van der Waals surface area contributed by atoms with Crippen molar-refractivity contribution in [2.45, 2.75) is 6.54 Å². The number of nitrogens with zero attached hydrogens (tertiary/aromatic N) is 3. The quantitative estimate of drug-likeness (QED) is 0.183. The highest BCUT2D eigenvalue weighted by Crippen LogP contribution is 2.36. The molecule has 4 aromatic carbocycles. The minimum Gasteiger partial charge on any atom is -0.455 e. The zero-order chi connectivity index (χ0) is 32.7. The van der Waals surface area contributed by atoms with Crippen LogP contribution in [0.4, 0.5) is 0 Å². The standard InChI is InChI=1S/C20H16N2OS.C20H12N2OS/c2*21-11-17-10-18-19(12-22-13-20(18)24-17)23-16-8-6-15(7-9-16)14-4-2-1-3-5-14/h1-10,12-13H,11,21H2;1-10,12-13H. The smallest absolute Gasteiger partial charge is 0.154 e. The van der Waals surface area contributed by atoms with Gasteiger partial charge in [-0.25, -0.2) is 0 Å². The van der Waals surface area contributed by atoms with Crippen LogP contribution in [0.2, 0.25) is 0 Å². The maximum atomic E-state index is 9.06. The van der Waals surface area contributed by atoms with Crippen molar-refractivity contribution in [3.63, 3.8) is 0 Å². The van der Waals surface area contributed by atoms with E-state index < -0.39 is 0 Å². The lowest BCUT2D eigenvalue weighted by atomic mass is 10.1. The van der Waals surface area contributed by atoms with Crippen LogP contribution in [-0.4, -0.2) is 9.97 Å². The number of fused-ring (bicyclic) bond motifs is 2. The normalized spacial score (nSPS) is 10.7. The molecule has 4 heterocycles. The summed E-state index contributed by atoms with van der Waals surface area (Å²) in [7, 11) is 0. The van der Waals surface area contributed by atoms with Crippen molar-refractivity contribution in [3.05, 3.63) is 156 Å². The third-order valence-electron chi connectivity index (χ3n) is 7.56. The number of hydrogen-bond acceptors (Lipinski definition) is 8. The molecule has 0 bridgehead atoms. The van der Waals surface area contributed by atoms with Crippen LogP contribution in [0, 0.1) is 11.3 Å². The average molecular weight is 661 g/mol. The number of ether oxygens (including phenoxy) is 2. The zero-order valence-corrected chi connectivity index (χ0v) is 27.2. The van der Waals surface area contributed by atoms with Gasteiger partial charge in [-0.3, -0.25) is 9.97 Å². The first-order valence-electron chi connectivity index (χ1n) is 15.2. The van der Waals surface area contributed by atoms with Gasteiger partial charge < -0.3 is 15.2 Å². The van der Waals surface area contributed by atoms with Gasteiger partial charge in [0.15, 0.2) is 11.5 Å². The highest BCUT2D eigenvalue weighted by atomic mass is 32.1. The molecule has 0 fully saturated rings. The number of thiophene rings is 2. The summed E-state index contributed by atoms with van der Waals surface area (Å²) in [5.41, 5.74) is 10.4. The Kier molecular flexibility index (Phi) is 9.16. The Morgan fingerprint density at radius 3 is 1.50 bits per heavy atom. The summed E-state index contributed by atoms with van der Waals surface area (Å²) in [6.45, 7) is 0.532. The fourth-order valence-electron chi connectivity index (χ4n) is 5.19. The maximum absolute atomic E-state index is 9.06. The molecule has 0 radical (unpaired) electrons. The van der Waals surface area contributed by atoms with Crippen LogP contribution in [0.1, 0.15) is 9.75 Å². The number of pyridine rings is 2. The van der Waals surface area contributed by atoms with Crippen LogP contribution >= 0.6 is 22.7 Å². The largest absolute Gasteiger partial charge is 0.455 e. The first kappa shape index (κ1) is 30.8. The molecule has 0 aliphatic carbocycles. The van der Waals surface area contributed by atoms with Gasteiger partial charge >= 0.3 is 0 Å². The first-order chi connectivity index (χ1) is 23.7. The van der Waals surface area contributed by atoms with E-state index in [0.717, 1.165) is 47.9 Å².